The third kappa shape index (κ3) is 3.97. The maximum atomic E-state index is 12.9. The van der Waals surface area contributed by atoms with Crippen LogP contribution in [0.25, 0.3) is 0 Å². The quantitative estimate of drug-likeness (QED) is 0.734. The van der Waals surface area contributed by atoms with Crippen molar-refractivity contribution in [3.8, 4) is 17.2 Å². The molecule has 7 heteroatoms. The summed E-state index contributed by atoms with van der Waals surface area (Å²) < 4.78 is 16.6. The summed E-state index contributed by atoms with van der Waals surface area (Å²) >= 11 is 6.24. The molecule has 6 nitrogen and oxygen atoms in total. The minimum Gasteiger partial charge on any atom is -0.493 e. The van der Waals surface area contributed by atoms with Crippen LogP contribution in [-0.4, -0.2) is 57.8 Å². The molecule has 1 aliphatic heterocycles. The fourth-order valence-corrected chi connectivity index (χ4v) is 3.71. The van der Waals surface area contributed by atoms with Crippen molar-refractivity contribution in [2.24, 2.45) is 0 Å². The second kappa shape index (κ2) is 8.61. The summed E-state index contributed by atoms with van der Waals surface area (Å²) in [6.45, 7) is 4.16. The number of carbonyl (C=O) groups is 1. The Morgan fingerprint density at radius 2 is 2.04 bits per heavy atom. The molecule has 1 atom stereocenters. The van der Waals surface area contributed by atoms with Crippen LogP contribution in [0.1, 0.15) is 17.3 Å². The van der Waals surface area contributed by atoms with Gasteiger partial charge in [-0.05, 0) is 31.2 Å². The molecule has 0 aliphatic carbocycles. The van der Waals surface area contributed by atoms with Crippen LogP contribution in [0.15, 0.2) is 36.4 Å². The van der Waals surface area contributed by atoms with Crippen LogP contribution in [0.4, 0.5) is 5.69 Å². The topological polar surface area (TPSA) is 51.2 Å². The molecule has 0 N–H and O–H groups in total. The number of nitrogens with zero attached hydrogens (tertiary/aromatic N) is 2. The lowest BCUT2D eigenvalue weighted by atomic mass is 10.1. The Bertz CT molecular complexity index is 858. The molecule has 0 aromatic heterocycles. The fourth-order valence-electron chi connectivity index (χ4n) is 3.42. The fraction of sp³-hybridized carbons (Fsp3) is 0.381. The zero-order valence-electron chi connectivity index (χ0n) is 16.6. The summed E-state index contributed by atoms with van der Waals surface area (Å²) in [5.74, 6) is 1.52. The van der Waals surface area contributed by atoms with E-state index in [2.05, 4.69) is 17.9 Å². The lowest BCUT2D eigenvalue weighted by Gasteiger charge is -2.37. The van der Waals surface area contributed by atoms with E-state index in [9.17, 15) is 4.79 Å². The standard InChI is InChI=1S/C21H25ClN2O4/c1-5-24-13-15(28-18-9-7-6-8-17(18)24)12-23(2)21(25)14-10-16(22)20(27-4)19(11-14)26-3/h6-11,15H,5,12-13H2,1-4H3/t15-/m0/s1. The van der Waals surface area contributed by atoms with Crippen LogP contribution in [-0.2, 0) is 0 Å². The minimum absolute atomic E-state index is 0.126. The number of hydrogen-bond acceptors (Lipinski definition) is 5. The molecule has 3 rings (SSSR count). The van der Waals surface area contributed by atoms with Gasteiger partial charge in [0.25, 0.3) is 5.91 Å². The molecule has 28 heavy (non-hydrogen) atoms. The molecule has 0 fully saturated rings. The number of anilines is 1. The second-order valence-electron chi connectivity index (χ2n) is 6.63. The van der Waals surface area contributed by atoms with E-state index in [1.54, 1.807) is 24.1 Å². The number of para-hydroxylation sites is 2. The van der Waals surface area contributed by atoms with Gasteiger partial charge in [-0.25, -0.2) is 0 Å². The minimum atomic E-state index is -0.159. The maximum absolute atomic E-state index is 12.9. The molecule has 0 radical (unpaired) electrons. The Morgan fingerprint density at radius 1 is 1.29 bits per heavy atom. The van der Waals surface area contributed by atoms with E-state index in [1.165, 1.54) is 14.2 Å². The van der Waals surface area contributed by atoms with Crippen molar-refractivity contribution in [3.63, 3.8) is 0 Å². The molecule has 0 saturated carbocycles. The van der Waals surface area contributed by atoms with Crippen LogP contribution in [0, 0.1) is 0 Å². The van der Waals surface area contributed by atoms with Crippen molar-refractivity contribution < 1.29 is 19.0 Å². The molecule has 2 aromatic carbocycles. The van der Waals surface area contributed by atoms with Gasteiger partial charge in [-0.2, -0.15) is 0 Å². The Balaban J connectivity index is 1.76. The van der Waals surface area contributed by atoms with Gasteiger partial charge in [0.2, 0.25) is 0 Å². The number of likely N-dealkylation sites (N-methyl/N-ethyl adjacent to an activating group) is 2. The highest BCUT2D eigenvalue weighted by Crippen LogP contribution is 2.36. The van der Waals surface area contributed by atoms with Gasteiger partial charge in [-0.3, -0.25) is 4.79 Å². The number of hydrogen-bond donors (Lipinski definition) is 0. The zero-order chi connectivity index (χ0) is 20.3. The van der Waals surface area contributed by atoms with Gasteiger partial charge < -0.3 is 24.0 Å². The first-order valence-corrected chi connectivity index (χ1v) is 9.53. The van der Waals surface area contributed by atoms with Gasteiger partial charge in [-0.15, -0.1) is 0 Å². The van der Waals surface area contributed by atoms with E-state index in [-0.39, 0.29) is 12.0 Å². The first-order valence-electron chi connectivity index (χ1n) is 9.16. The summed E-state index contributed by atoms with van der Waals surface area (Å²) in [5, 5.41) is 0.332. The summed E-state index contributed by atoms with van der Waals surface area (Å²) in [6.07, 6.45) is -0.126. The molecule has 0 unspecified atom stereocenters. The summed E-state index contributed by atoms with van der Waals surface area (Å²) in [6, 6.07) is 11.2. The van der Waals surface area contributed by atoms with Crippen LogP contribution in [0.5, 0.6) is 17.2 Å². The Morgan fingerprint density at radius 3 is 2.71 bits per heavy atom. The third-order valence-electron chi connectivity index (χ3n) is 4.81. The number of fused-ring (bicyclic) bond motifs is 1. The summed E-state index contributed by atoms with van der Waals surface area (Å²) in [7, 11) is 4.78. The first kappa shape index (κ1) is 20.1. The summed E-state index contributed by atoms with van der Waals surface area (Å²) in [4.78, 5) is 16.8. The molecule has 1 aliphatic rings. The largest absolute Gasteiger partial charge is 0.493 e. The molecular weight excluding hydrogens is 380 g/mol. The highest BCUT2D eigenvalue weighted by molar-refractivity contribution is 6.32. The predicted molar refractivity (Wildman–Crippen MR) is 110 cm³/mol. The Kier molecular flexibility index (Phi) is 6.19. The van der Waals surface area contributed by atoms with Gasteiger partial charge in [0.1, 0.15) is 11.9 Å². The smallest absolute Gasteiger partial charge is 0.253 e. The normalized spacial score (nSPS) is 15.5. The number of carbonyl (C=O) groups excluding carboxylic acids is 1. The molecule has 0 saturated heterocycles. The van der Waals surface area contributed by atoms with E-state index in [0.717, 1.165) is 24.5 Å². The van der Waals surface area contributed by atoms with E-state index in [4.69, 9.17) is 25.8 Å². The second-order valence-corrected chi connectivity index (χ2v) is 7.03. The Hall–Kier alpha value is -2.60. The third-order valence-corrected chi connectivity index (χ3v) is 5.09. The van der Waals surface area contributed by atoms with Crippen molar-refractivity contribution in [2.45, 2.75) is 13.0 Å². The number of ether oxygens (including phenoxy) is 3. The van der Waals surface area contributed by atoms with Crippen LogP contribution in [0.3, 0.4) is 0 Å². The molecular formula is C21H25ClN2O4. The summed E-state index contributed by atoms with van der Waals surface area (Å²) in [5.41, 5.74) is 1.52. The molecule has 1 heterocycles. The molecule has 0 spiro atoms. The maximum Gasteiger partial charge on any atom is 0.253 e. The van der Waals surface area contributed by atoms with Crippen molar-refractivity contribution in [1.82, 2.24) is 4.90 Å². The van der Waals surface area contributed by atoms with E-state index in [0.29, 0.717) is 28.6 Å². The van der Waals surface area contributed by atoms with Crippen molar-refractivity contribution in [1.29, 1.82) is 0 Å². The van der Waals surface area contributed by atoms with Gasteiger partial charge in [0.05, 0.1) is 38.0 Å². The number of rotatable bonds is 6. The van der Waals surface area contributed by atoms with Crippen LogP contribution < -0.4 is 19.1 Å². The lowest BCUT2D eigenvalue weighted by molar-refractivity contribution is 0.0709. The molecule has 1 amide bonds. The van der Waals surface area contributed by atoms with Crippen LogP contribution >= 0.6 is 11.6 Å². The zero-order valence-corrected chi connectivity index (χ0v) is 17.3. The highest BCUT2D eigenvalue weighted by atomic mass is 35.5. The van der Waals surface area contributed by atoms with Crippen molar-refractivity contribution in [3.05, 3.63) is 47.0 Å². The van der Waals surface area contributed by atoms with Gasteiger partial charge in [-0.1, -0.05) is 23.7 Å². The number of benzene rings is 2. The predicted octanol–water partition coefficient (Wildman–Crippen LogP) is 3.72. The molecule has 0 bridgehead atoms. The average Bonchev–Trinajstić information content (AvgIpc) is 2.71. The first-order chi connectivity index (χ1) is 13.5. The SMILES string of the molecule is CCN1C[C@H](CN(C)C(=O)c2cc(Cl)c(OC)c(OC)c2)Oc2ccccc21. The van der Waals surface area contributed by atoms with E-state index in [1.807, 2.05) is 18.2 Å². The van der Waals surface area contributed by atoms with E-state index < -0.39 is 0 Å². The number of methoxy groups -OCH3 is 2. The van der Waals surface area contributed by atoms with Crippen LogP contribution in [0.2, 0.25) is 5.02 Å². The lowest BCUT2D eigenvalue weighted by Crippen LogP contribution is -2.46. The molecule has 2 aromatic rings. The monoisotopic (exact) mass is 404 g/mol. The molecule has 150 valence electrons. The van der Waals surface area contributed by atoms with Gasteiger partial charge in [0, 0.05) is 19.2 Å². The van der Waals surface area contributed by atoms with Crippen molar-refractivity contribution in [2.75, 3.05) is 45.8 Å². The number of amides is 1. The van der Waals surface area contributed by atoms with Gasteiger partial charge in [0.15, 0.2) is 11.5 Å². The highest BCUT2D eigenvalue weighted by Gasteiger charge is 2.27. The van der Waals surface area contributed by atoms with Crippen molar-refractivity contribution >= 4 is 23.2 Å². The van der Waals surface area contributed by atoms with Gasteiger partial charge >= 0.3 is 0 Å². The Labute approximate surface area is 170 Å². The number of halogens is 1. The van der Waals surface area contributed by atoms with E-state index >= 15 is 0 Å². The average molecular weight is 405 g/mol.